The third-order valence-corrected chi connectivity index (χ3v) is 4.70. The minimum Gasteiger partial charge on any atom is -0.367 e. The van der Waals surface area contributed by atoms with Crippen LogP contribution >= 0.6 is 27.3 Å². The Bertz CT molecular complexity index is 605. The Kier molecular flexibility index (Phi) is 4.82. The van der Waals surface area contributed by atoms with Crippen LogP contribution in [-0.2, 0) is 0 Å². The molecule has 0 aliphatic rings. The second-order valence-corrected chi connectivity index (χ2v) is 6.82. The minimum absolute atomic E-state index is 0.0491. The van der Waals surface area contributed by atoms with E-state index in [0.717, 1.165) is 21.5 Å². The van der Waals surface area contributed by atoms with Gasteiger partial charge in [-0.2, -0.15) is 0 Å². The highest BCUT2D eigenvalue weighted by Gasteiger charge is 2.24. The standard InChI is InChI=1S/C13H16BrN3O2S/c1-3-7(4-2)16-13(18)10-11(17-19-12(10)15)8-5-6-9(14)20-8/h5-7H,3-4,15H2,1-2H3,(H,16,18). The quantitative estimate of drug-likeness (QED) is 0.855. The molecule has 1 amide bonds. The van der Waals surface area contributed by atoms with Gasteiger partial charge in [-0.25, -0.2) is 0 Å². The van der Waals surface area contributed by atoms with Crippen molar-refractivity contribution >= 4 is 39.1 Å². The van der Waals surface area contributed by atoms with Crippen LogP contribution in [0.25, 0.3) is 10.6 Å². The number of carbonyl (C=O) groups excluding carboxylic acids is 1. The summed E-state index contributed by atoms with van der Waals surface area (Å²) in [6, 6.07) is 3.90. The van der Waals surface area contributed by atoms with Crippen LogP contribution in [0.1, 0.15) is 37.0 Å². The highest BCUT2D eigenvalue weighted by atomic mass is 79.9. The second kappa shape index (κ2) is 6.41. The van der Waals surface area contributed by atoms with E-state index in [9.17, 15) is 4.79 Å². The molecule has 108 valence electrons. The van der Waals surface area contributed by atoms with Gasteiger partial charge in [0.1, 0.15) is 11.3 Å². The number of hydrogen-bond acceptors (Lipinski definition) is 5. The maximum absolute atomic E-state index is 12.4. The Morgan fingerprint density at radius 2 is 2.20 bits per heavy atom. The molecule has 0 unspecified atom stereocenters. The van der Waals surface area contributed by atoms with Crippen LogP contribution in [0.3, 0.4) is 0 Å². The molecule has 20 heavy (non-hydrogen) atoms. The number of nitrogens with one attached hydrogen (secondary N) is 1. The third kappa shape index (κ3) is 3.04. The SMILES string of the molecule is CCC(CC)NC(=O)c1c(-c2ccc(Br)s2)noc1N. The Hall–Kier alpha value is -1.34. The van der Waals surface area contributed by atoms with Crippen molar-refractivity contribution in [2.45, 2.75) is 32.7 Å². The molecule has 0 aliphatic heterocycles. The number of aromatic nitrogens is 1. The highest BCUT2D eigenvalue weighted by Crippen LogP contribution is 2.34. The maximum Gasteiger partial charge on any atom is 0.259 e. The molecule has 0 bridgehead atoms. The zero-order valence-corrected chi connectivity index (χ0v) is 13.7. The number of anilines is 1. The summed E-state index contributed by atoms with van der Waals surface area (Å²) >= 11 is 4.86. The number of hydrogen-bond donors (Lipinski definition) is 2. The van der Waals surface area contributed by atoms with Crippen molar-refractivity contribution in [2.75, 3.05) is 5.73 Å². The molecule has 0 aliphatic carbocycles. The first-order chi connectivity index (χ1) is 9.56. The summed E-state index contributed by atoms with van der Waals surface area (Å²) in [7, 11) is 0. The summed E-state index contributed by atoms with van der Waals surface area (Å²) < 4.78 is 5.95. The van der Waals surface area contributed by atoms with E-state index in [-0.39, 0.29) is 17.8 Å². The van der Waals surface area contributed by atoms with Gasteiger partial charge in [0.2, 0.25) is 5.88 Å². The van der Waals surface area contributed by atoms with Crippen molar-refractivity contribution in [2.24, 2.45) is 0 Å². The lowest BCUT2D eigenvalue weighted by Crippen LogP contribution is -2.34. The molecular formula is C13H16BrN3O2S. The molecule has 2 heterocycles. The smallest absolute Gasteiger partial charge is 0.259 e. The minimum atomic E-state index is -0.239. The van der Waals surface area contributed by atoms with Gasteiger partial charge in [-0.15, -0.1) is 11.3 Å². The molecule has 3 N–H and O–H groups in total. The second-order valence-electron chi connectivity index (χ2n) is 4.36. The van der Waals surface area contributed by atoms with Crippen LogP contribution in [0.15, 0.2) is 20.4 Å². The van der Waals surface area contributed by atoms with E-state index in [1.165, 1.54) is 11.3 Å². The Morgan fingerprint density at radius 1 is 1.50 bits per heavy atom. The first-order valence-electron chi connectivity index (χ1n) is 6.38. The molecule has 0 radical (unpaired) electrons. The third-order valence-electron chi connectivity index (χ3n) is 3.07. The first-order valence-corrected chi connectivity index (χ1v) is 7.99. The molecule has 0 fully saturated rings. The Morgan fingerprint density at radius 3 is 2.75 bits per heavy atom. The zero-order chi connectivity index (χ0) is 14.7. The van der Waals surface area contributed by atoms with Crippen LogP contribution in [0.2, 0.25) is 0 Å². The summed E-state index contributed by atoms with van der Waals surface area (Å²) in [4.78, 5) is 13.2. The number of nitrogens with two attached hydrogens (primary N) is 1. The first kappa shape index (κ1) is 15.1. The summed E-state index contributed by atoms with van der Waals surface area (Å²) in [5.74, 6) is -0.190. The average molecular weight is 358 g/mol. The van der Waals surface area contributed by atoms with Gasteiger partial charge in [0.25, 0.3) is 5.91 Å². The van der Waals surface area contributed by atoms with Gasteiger partial charge < -0.3 is 15.6 Å². The van der Waals surface area contributed by atoms with Gasteiger partial charge in [-0.05, 0) is 40.9 Å². The Balaban J connectivity index is 2.32. The number of thiophene rings is 1. The van der Waals surface area contributed by atoms with Crippen molar-refractivity contribution < 1.29 is 9.32 Å². The van der Waals surface area contributed by atoms with Crippen molar-refractivity contribution in [1.82, 2.24) is 10.5 Å². The van der Waals surface area contributed by atoms with Crippen LogP contribution in [-0.4, -0.2) is 17.1 Å². The fraction of sp³-hybridized carbons (Fsp3) is 0.385. The van der Waals surface area contributed by atoms with E-state index in [1.807, 2.05) is 26.0 Å². The molecule has 0 saturated heterocycles. The molecule has 0 spiro atoms. The van der Waals surface area contributed by atoms with Crippen molar-refractivity contribution in [1.29, 1.82) is 0 Å². The fourth-order valence-corrected chi connectivity index (χ4v) is 3.26. The van der Waals surface area contributed by atoms with E-state index in [4.69, 9.17) is 10.3 Å². The number of carbonyl (C=O) groups is 1. The largest absolute Gasteiger partial charge is 0.367 e. The molecule has 7 heteroatoms. The molecule has 0 saturated carbocycles. The van der Waals surface area contributed by atoms with Crippen LogP contribution < -0.4 is 11.1 Å². The van der Waals surface area contributed by atoms with Crippen LogP contribution in [0.4, 0.5) is 5.88 Å². The topological polar surface area (TPSA) is 81.2 Å². The van der Waals surface area contributed by atoms with Crippen molar-refractivity contribution in [3.8, 4) is 10.6 Å². The predicted molar refractivity (Wildman–Crippen MR) is 83.8 cm³/mol. The average Bonchev–Trinajstić information content (AvgIpc) is 3.01. The molecular weight excluding hydrogens is 342 g/mol. The molecule has 2 aromatic heterocycles. The predicted octanol–water partition coefficient (Wildman–Crippen LogP) is 3.67. The highest BCUT2D eigenvalue weighted by molar-refractivity contribution is 9.11. The van der Waals surface area contributed by atoms with Gasteiger partial charge >= 0.3 is 0 Å². The number of nitrogens with zero attached hydrogens (tertiary/aromatic N) is 1. The van der Waals surface area contributed by atoms with Gasteiger partial charge in [-0.3, -0.25) is 4.79 Å². The van der Waals surface area contributed by atoms with E-state index in [0.29, 0.717) is 11.3 Å². The zero-order valence-electron chi connectivity index (χ0n) is 11.3. The Labute approximate surface area is 129 Å². The van der Waals surface area contributed by atoms with Crippen LogP contribution in [0.5, 0.6) is 0 Å². The van der Waals surface area contributed by atoms with E-state index in [1.54, 1.807) is 0 Å². The summed E-state index contributed by atoms with van der Waals surface area (Å²) in [5, 5.41) is 6.86. The van der Waals surface area contributed by atoms with Gasteiger partial charge in [-0.1, -0.05) is 19.0 Å². The van der Waals surface area contributed by atoms with Gasteiger partial charge in [0, 0.05) is 6.04 Å². The fourth-order valence-electron chi connectivity index (χ4n) is 1.88. The molecule has 0 aromatic carbocycles. The molecule has 2 aromatic rings. The molecule has 0 atom stereocenters. The van der Waals surface area contributed by atoms with Crippen molar-refractivity contribution in [3.05, 3.63) is 21.5 Å². The summed E-state index contributed by atoms with van der Waals surface area (Å²) in [6.45, 7) is 4.06. The summed E-state index contributed by atoms with van der Waals surface area (Å²) in [5.41, 5.74) is 6.55. The number of nitrogen functional groups attached to an aromatic ring is 1. The number of rotatable bonds is 5. The summed E-state index contributed by atoms with van der Waals surface area (Å²) in [6.07, 6.45) is 1.74. The monoisotopic (exact) mass is 357 g/mol. The van der Waals surface area contributed by atoms with Crippen molar-refractivity contribution in [3.63, 3.8) is 0 Å². The molecule has 2 rings (SSSR count). The van der Waals surface area contributed by atoms with E-state index in [2.05, 4.69) is 26.4 Å². The van der Waals surface area contributed by atoms with E-state index >= 15 is 0 Å². The van der Waals surface area contributed by atoms with Gasteiger partial charge in [0.15, 0.2) is 0 Å². The maximum atomic E-state index is 12.4. The van der Waals surface area contributed by atoms with E-state index < -0.39 is 0 Å². The lowest BCUT2D eigenvalue weighted by molar-refractivity contribution is 0.0936. The lowest BCUT2D eigenvalue weighted by Gasteiger charge is -2.14. The van der Waals surface area contributed by atoms with Gasteiger partial charge in [0.05, 0.1) is 8.66 Å². The van der Waals surface area contributed by atoms with Crippen LogP contribution in [0, 0.1) is 0 Å². The number of amides is 1. The molecule has 5 nitrogen and oxygen atoms in total. The normalized spacial score (nSPS) is 11.0. The lowest BCUT2D eigenvalue weighted by atomic mass is 10.1. The number of halogens is 1.